The highest BCUT2D eigenvalue weighted by molar-refractivity contribution is 9.10. The lowest BCUT2D eigenvalue weighted by molar-refractivity contribution is -0.385. The maximum absolute atomic E-state index is 12.6. The van der Waals surface area contributed by atoms with Crippen molar-refractivity contribution in [2.75, 3.05) is 18.5 Å². The number of nitro benzene ring substituents is 1. The molecule has 1 aliphatic rings. The first kappa shape index (κ1) is 19.0. The molecule has 0 saturated carbocycles. The third-order valence-corrected chi connectivity index (χ3v) is 4.91. The van der Waals surface area contributed by atoms with Gasteiger partial charge in [-0.05, 0) is 24.3 Å². The quantitative estimate of drug-likeness (QED) is 0.403. The highest BCUT2D eigenvalue weighted by Gasteiger charge is 2.42. The van der Waals surface area contributed by atoms with Gasteiger partial charge in [0.15, 0.2) is 0 Å². The van der Waals surface area contributed by atoms with Crippen LogP contribution in [0.15, 0.2) is 40.9 Å². The number of rotatable bonds is 4. The zero-order chi connectivity index (χ0) is 19.9. The van der Waals surface area contributed by atoms with Crippen molar-refractivity contribution in [3.05, 3.63) is 67.1 Å². The molecule has 0 spiro atoms. The van der Waals surface area contributed by atoms with Crippen LogP contribution < -0.4 is 4.90 Å². The van der Waals surface area contributed by atoms with E-state index >= 15 is 0 Å². The molecule has 1 aliphatic heterocycles. The molecule has 2 aromatic rings. The molecule has 0 bridgehead atoms. The normalized spacial score (nSPS) is 12.9. The third-order valence-electron chi connectivity index (χ3n) is 4.11. The van der Waals surface area contributed by atoms with Gasteiger partial charge in [-0.25, -0.2) is 0 Å². The molecular formula is C17H11BrClN3O5. The van der Waals surface area contributed by atoms with E-state index in [9.17, 15) is 24.5 Å². The molecule has 0 aromatic heterocycles. The van der Waals surface area contributed by atoms with Crippen molar-refractivity contribution in [2.45, 2.75) is 0 Å². The number of nitro groups is 1. The minimum absolute atomic E-state index is 0.0914. The second kappa shape index (κ2) is 7.09. The summed E-state index contributed by atoms with van der Waals surface area (Å²) in [6.07, 6.45) is 0. The molecular weight excluding hydrogens is 442 g/mol. The van der Waals surface area contributed by atoms with Crippen LogP contribution >= 0.6 is 27.5 Å². The smallest absolute Gasteiger partial charge is 0.282 e. The van der Waals surface area contributed by atoms with E-state index in [0.717, 1.165) is 10.5 Å². The molecule has 138 valence electrons. The van der Waals surface area contributed by atoms with E-state index in [0.29, 0.717) is 15.6 Å². The average molecular weight is 453 g/mol. The van der Waals surface area contributed by atoms with Gasteiger partial charge >= 0.3 is 0 Å². The van der Waals surface area contributed by atoms with Crippen LogP contribution in [-0.2, 0) is 4.79 Å². The lowest BCUT2D eigenvalue weighted by Crippen LogP contribution is -2.41. The molecule has 3 amide bonds. The molecule has 0 unspecified atom stereocenters. The number of benzene rings is 2. The fourth-order valence-corrected chi connectivity index (χ4v) is 3.54. The largest absolute Gasteiger partial charge is 0.312 e. The predicted molar refractivity (Wildman–Crippen MR) is 101 cm³/mol. The Morgan fingerprint density at radius 2 is 1.96 bits per heavy atom. The van der Waals surface area contributed by atoms with Gasteiger partial charge < -0.3 is 4.90 Å². The first-order valence-corrected chi connectivity index (χ1v) is 8.74. The number of anilines is 1. The molecule has 8 nitrogen and oxygen atoms in total. The summed E-state index contributed by atoms with van der Waals surface area (Å²) in [4.78, 5) is 49.9. The second-order valence-corrected chi connectivity index (χ2v) is 7.02. The lowest BCUT2D eigenvalue weighted by Gasteiger charge is -2.21. The standard InChI is InChI=1S/C17H11BrClN3O5/c1-20(12-6-5-9(18)7-11(12)19)14(23)8-21-16(24)10-3-2-4-13(22(26)27)15(10)17(21)25/h2-7H,8H2,1H3. The van der Waals surface area contributed by atoms with Gasteiger partial charge in [-0.2, -0.15) is 0 Å². The van der Waals surface area contributed by atoms with Gasteiger partial charge in [0.05, 0.1) is 21.2 Å². The maximum Gasteiger partial charge on any atom is 0.282 e. The van der Waals surface area contributed by atoms with Crippen molar-refractivity contribution in [2.24, 2.45) is 0 Å². The summed E-state index contributed by atoms with van der Waals surface area (Å²) in [5.41, 5.74) is -0.464. The fraction of sp³-hybridized carbons (Fsp3) is 0.118. The SMILES string of the molecule is CN(C(=O)CN1C(=O)c2cccc([N+](=O)[O-])c2C1=O)c1ccc(Br)cc1Cl. The van der Waals surface area contributed by atoms with Crippen molar-refractivity contribution >= 4 is 56.6 Å². The minimum Gasteiger partial charge on any atom is -0.312 e. The van der Waals surface area contributed by atoms with Gasteiger partial charge in [-0.3, -0.25) is 29.4 Å². The number of nitrogens with zero attached hydrogens (tertiary/aromatic N) is 3. The molecule has 2 aromatic carbocycles. The molecule has 1 heterocycles. The van der Waals surface area contributed by atoms with Crippen LogP contribution in [0.25, 0.3) is 0 Å². The van der Waals surface area contributed by atoms with Gasteiger partial charge in [0.1, 0.15) is 12.1 Å². The Morgan fingerprint density at radius 3 is 2.59 bits per heavy atom. The van der Waals surface area contributed by atoms with Crippen molar-refractivity contribution in [1.29, 1.82) is 0 Å². The topological polar surface area (TPSA) is 101 Å². The zero-order valence-electron chi connectivity index (χ0n) is 13.8. The van der Waals surface area contributed by atoms with Gasteiger partial charge in [0.2, 0.25) is 5.91 Å². The number of carbonyl (C=O) groups excluding carboxylic acids is 3. The Labute approximate surface area is 166 Å². The van der Waals surface area contributed by atoms with Crippen LogP contribution in [0.2, 0.25) is 5.02 Å². The van der Waals surface area contributed by atoms with Crippen molar-refractivity contribution in [1.82, 2.24) is 4.90 Å². The van der Waals surface area contributed by atoms with Crippen LogP contribution in [0.4, 0.5) is 11.4 Å². The average Bonchev–Trinajstić information content (AvgIpc) is 2.86. The number of hydrogen-bond acceptors (Lipinski definition) is 5. The number of hydrogen-bond donors (Lipinski definition) is 0. The van der Waals surface area contributed by atoms with E-state index in [1.807, 2.05) is 0 Å². The molecule has 0 radical (unpaired) electrons. The molecule has 0 saturated heterocycles. The highest BCUT2D eigenvalue weighted by atomic mass is 79.9. The van der Waals surface area contributed by atoms with E-state index in [4.69, 9.17) is 11.6 Å². The highest BCUT2D eigenvalue weighted by Crippen LogP contribution is 2.32. The summed E-state index contributed by atoms with van der Waals surface area (Å²) in [6, 6.07) is 8.69. The molecule has 0 atom stereocenters. The van der Waals surface area contributed by atoms with Crippen molar-refractivity contribution in [3.8, 4) is 0 Å². The lowest BCUT2D eigenvalue weighted by atomic mass is 10.1. The van der Waals surface area contributed by atoms with E-state index in [1.165, 1.54) is 24.1 Å². The van der Waals surface area contributed by atoms with E-state index in [-0.39, 0.29) is 11.1 Å². The second-order valence-electron chi connectivity index (χ2n) is 5.70. The predicted octanol–water partition coefficient (Wildman–Crippen LogP) is 3.27. The number of halogens is 2. The van der Waals surface area contributed by atoms with E-state index in [2.05, 4.69) is 15.9 Å². The minimum atomic E-state index is -0.869. The summed E-state index contributed by atoms with van der Waals surface area (Å²) in [5.74, 6) is -2.19. The molecule has 0 fully saturated rings. The number of imide groups is 1. The first-order chi connectivity index (χ1) is 12.7. The zero-order valence-corrected chi connectivity index (χ0v) is 16.2. The summed E-state index contributed by atoms with van der Waals surface area (Å²) in [5, 5.41) is 11.4. The monoisotopic (exact) mass is 451 g/mol. The fourth-order valence-electron chi connectivity index (χ4n) is 2.74. The number of amides is 3. The van der Waals surface area contributed by atoms with Gasteiger partial charge in [0.25, 0.3) is 17.5 Å². The number of carbonyl (C=O) groups is 3. The summed E-state index contributed by atoms with van der Waals surface area (Å²) >= 11 is 9.39. The van der Waals surface area contributed by atoms with Gasteiger partial charge in [0, 0.05) is 17.6 Å². The van der Waals surface area contributed by atoms with Crippen LogP contribution in [0, 0.1) is 10.1 Å². The maximum atomic E-state index is 12.6. The summed E-state index contributed by atoms with van der Waals surface area (Å²) < 4.78 is 0.727. The van der Waals surface area contributed by atoms with E-state index in [1.54, 1.807) is 18.2 Å². The van der Waals surface area contributed by atoms with Crippen LogP contribution in [-0.4, -0.2) is 41.1 Å². The Hall–Kier alpha value is -2.78. The number of likely N-dealkylation sites (N-methyl/N-ethyl adjacent to an activating group) is 1. The van der Waals surface area contributed by atoms with Crippen LogP contribution in [0.5, 0.6) is 0 Å². The summed E-state index contributed by atoms with van der Waals surface area (Å²) in [6.45, 7) is -0.563. The molecule has 27 heavy (non-hydrogen) atoms. The third kappa shape index (κ3) is 3.31. The van der Waals surface area contributed by atoms with Crippen molar-refractivity contribution < 1.29 is 19.3 Å². The van der Waals surface area contributed by atoms with Crippen molar-refractivity contribution in [3.63, 3.8) is 0 Å². The van der Waals surface area contributed by atoms with Crippen LogP contribution in [0.1, 0.15) is 20.7 Å². The number of fused-ring (bicyclic) bond motifs is 1. The Balaban J connectivity index is 1.87. The molecule has 0 N–H and O–H groups in total. The van der Waals surface area contributed by atoms with Gasteiger partial charge in [-0.15, -0.1) is 0 Å². The summed E-state index contributed by atoms with van der Waals surface area (Å²) in [7, 11) is 1.46. The first-order valence-electron chi connectivity index (χ1n) is 7.57. The Morgan fingerprint density at radius 1 is 1.26 bits per heavy atom. The molecule has 0 aliphatic carbocycles. The Kier molecular flexibility index (Phi) is 4.99. The van der Waals surface area contributed by atoms with E-state index < -0.39 is 34.9 Å². The molecule has 3 rings (SSSR count). The van der Waals surface area contributed by atoms with Gasteiger partial charge in [-0.1, -0.05) is 33.6 Å². The Bertz CT molecular complexity index is 1010. The molecule has 10 heteroatoms. The van der Waals surface area contributed by atoms with Crippen LogP contribution in [0.3, 0.4) is 0 Å².